The summed E-state index contributed by atoms with van der Waals surface area (Å²) in [5.41, 5.74) is 0. The first kappa shape index (κ1) is 17.2. The van der Waals surface area contributed by atoms with Crippen molar-refractivity contribution in [1.29, 1.82) is 0 Å². The first-order valence-electron chi connectivity index (χ1n) is 7.52. The van der Waals surface area contributed by atoms with Gasteiger partial charge in [0.15, 0.2) is 0 Å². The zero-order valence-corrected chi connectivity index (χ0v) is 14.0. The molecule has 124 valence electrons. The van der Waals surface area contributed by atoms with Crippen molar-refractivity contribution in [3.8, 4) is 5.75 Å². The molecule has 1 aromatic carbocycles. The molecule has 0 aliphatic carbocycles. The molecule has 0 aromatic heterocycles. The summed E-state index contributed by atoms with van der Waals surface area (Å²) in [6.45, 7) is 6.74. The summed E-state index contributed by atoms with van der Waals surface area (Å²) in [6.07, 6.45) is 0. The van der Waals surface area contributed by atoms with Gasteiger partial charge in [-0.05, 0) is 31.2 Å². The van der Waals surface area contributed by atoms with E-state index in [1.807, 2.05) is 6.92 Å². The molecule has 0 unspecified atom stereocenters. The second-order valence-electron chi connectivity index (χ2n) is 5.12. The fourth-order valence-corrected chi connectivity index (χ4v) is 3.85. The molecule has 0 radical (unpaired) electrons. The molecule has 7 heteroatoms. The number of rotatable bonds is 7. The van der Waals surface area contributed by atoms with Crippen LogP contribution in [0.15, 0.2) is 29.2 Å². The van der Waals surface area contributed by atoms with Gasteiger partial charge in [-0.15, -0.1) is 0 Å². The highest BCUT2D eigenvalue weighted by molar-refractivity contribution is 7.89. The number of hydrogen-bond acceptors (Lipinski definition) is 5. The van der Waals surface area contributed by atoms with E-state index < -0.39 is 10.0 Å². The van der Waals surface area contributed by atoms with E-state index in [0.717, 1.165) is 19.6 Å². The van der Waals surface area contributed by atoms with Gasteiger partial charge in [-0.1, -0.05) is 0 Å². The van der Waals surface area contributed by atoms with Crippen LogP contribution in [0.4, 0.5) is 0 Å². The van der Waals surface area contributed by atoms with Crippen molar-refractivity contribution >= 4 is 10.0 Å². The van der Waals surface area contributed by atoms with Crippen LogP contribution in [0.2, 0.25) is 0 Å². The van der Waals surface area contributed by atoms with E-state index in [1.165, 1.54) is 0 Å². The normalized spacial score (nSPS) is 17.5. The van der Waals surface area contributed by atoms with E-state index in [9.17, 15) is 8.42 Å². The summed E-state index contributed by atoms with van der Waals surface area (Å²) < 4.78 is 37.1. The van der Waals surface area contributed by atoms with E-state index >= 15 is 0 Å². The maximum Gasteiger partial charge on any atom is 0.243 e. The van der Waals surface area contributed by atoms with Crippen LogP contribution in [0, 0.1) is 0 Å². The molecule has 1 aliphatic rings. The lowest BCUT2D eigenvalue weighted by Crippen LogP contribution is -2.49. The molecule has 1 aliphatic heterocycles. The van der Waals surface area contributed by atoms with Crippen LogP contribution in [0.5, 0.6) is 5.75 Å². The summed E-state index contributed by atoms with van der Waals surface area (Å²) >= 11 is 0. The van der Waals surface area contributed by atoms with Gasteiger partial charge in [0, 0.05) is 39.3 Å². The van der Waals surface area contributed by atoms with E-state index in [2.05, 4.69) is 4.90 Å². The highest BCUT2D eigenvalue weighted by atomic mass is 32.2. The highest BCUT2D eigenvalue weighted by Gasteiger charge is 2.28. The molecule has 0 amide bonds. The van der Waals surface area contributed by atoms with E-state index in [0.29, 0.717) is 36.9 Å². The van der Waals surface area contributed by atoms with E-state index in [-0.39, 0.29) is 0 Å². The lowest BCUT2D eigenvalue weighted by atomic mass is 10.3. The third kappa shape index (κ3) is 4.19. The average Bonchev–Trinajstić information content (AvgIpc) is 2.55. The van der Waals surface area contributed by atoms with Crippen molar-refractivity contribution < 1.29 is 17.9 Å². The first-order chi connectivity index (χ1) is 10.6. The molecule has 0 spiro atoms. The maximum atomic E-state index is 12.6. The number of methoxy groups -OCH3 is 1. The molecule has 1 saturated heterocycles. The Labute approximate surface area is 132 Å². The summed E-state index contributed by atoms with van der Waals surface area (Å²) in [6, 6.07) is 6.53. The second kappa shape index (κ2) is 7.92. The molecule has 6 nitrogen and oxygen atoms in total. The molecule has 1 heterocycles. The van der Waals surface area contributed by atoms with Crippen molar-refractivity contribution in [3.63, 3.8) is 0 Å². The number of hydrogen-bond donors (Lipinski definition) is 0. The third-order valence-electron chi connectivity index (χ3n) is 3.78. The number of sulfonamides is 1. The summed E-state index contributed by atoms with van der Waals surface area (Å²) in [4.78, 5) is 2.55. The Bertz CT molecular complexity index is 551. The molecule has 0 atom stereocenters. The zero-order chi connectivity index (χ0) is 16.0. The standard InChI is InChI=1S/C15H24N2O4S/c1-3-21-13-12-16-8-10-17(11-9-16)22(18,19)15-6-4-14(20-2)5-7-15/h4-7H,3,8-13H2,1-2H3. The molecular formula is C15H24N2O4S. The topological polar surface area (TPSA) is 59.1 Å². The van der Waals surface area contributed by atoms with Crippen molar-refractivity contribution in [2.45, 2.75) is 11.8 Å². The number of nitrogens with zero attached hydrogens (tertiary/aromatic N) is 2. The smallest absolute Gasteiger partial charge is 0.243 e. The lowest BCUT2D eigenvalue weighted by molar-refractivity contribution is 0.0979. The minimum atomic E-state index is -3.42. The SMILES string of the molecule is CCOCCN1CCN(S(=O)(=O)c2ccc(OC)cc2)CC1. The number of piperazine rings is 1. The van der Waals surface area contributed by atoms with Crippen LogP contribution in [0.25, 0.3) is 0 Å². The Morgan fingerprint density at radius 2 is 1.73 bits per heavy atom. The van der Waals surface area contributed by atoms with Crippen LogP contribution in [0.3, 0.4) is 0 Å². The van der Waals surface area contributed by atoms with Gasteiger partial charge in [0.05, 0.1) is 18.6 Å². The Kier molecular flexibility index (Phi) is 6.19. The van der Waals surface area contributed by atoms with Gasteiger partial charge >= 0.3 is 0 Å². The lowest BCUT2D eigenvalue weighted by Gasteiger charge is -2.33. The molecule has 1 fully saturated rings. The number of benzene rings is 1. The number of ether oxygens (including phenoxy) is 2. The van der Waals surface area contributed by atoms with Gasteiger partial charge in [-0.25, -0.2) is 8.42 Å². The van der Waals surface area contributed by atoms with Crippen molar-refractivity contribution in [2.75, 3.05) is 53.0 Å². The first-order valence-corrected chi connectivity index (χ1v) is 8.96. The Hall–Kier alpha value is -1.15. The van der Waals surface area contributed by atoms with Crippen molar-refractivity contribution in [3.05, 3.63) is 24.3 Å². The molecule has 1 aromatic rings. The average molecular weight is 328 g/mol. The fraction of sp³-hybridized carbons (Fsp3) is 0.600. The van der Waals surface area contributed by atoms with Gasteiger partial charge in [-0.3, -0.25) is 4.90 Å². The molecule has 22 heavy (non-hydrogen) atoms. The van der Waals surface area contributed by atoms with Gasteiger partial charge in [0.2, 0.25) is 10.0 Å². The van der Waals surface area contributed by atoms with Crippen LogP contribution < -0.4 is 4.74 Å². The minimum absolute atomic E-state index is 0.316. The predicted molar refractivity (Wildman–Crippen MR) is 84.7 cm³/mol. The second-order valence-corrected chi connectivity index (χ2v) is 7.06. The Morgan fingerprint density at radius 3 is 2.27 bits per heavy atom. The van der Waals surface area contributed by atoms with E-state index in [1.54, 1.807) is 35.7 Å². The summed E-state index contributed by atoms with van der Waals surface area (Å²) in [5.74, 6) is 0.652. The Morgan fingerprint density at radius 1 is 1.09 bits per heavy atom. The summed E-state index contributed by atoms with van der Waals surface area (Å²) in [5, 5.41) is 0. The van der Waals surface area contributed by atoms with Crippen molar-refractivity contribution in [2.24, 2.45) is 0 Å². The highest BCUT2D eigenvalue weighted by Crippen LogP contribution is 2.20. The molecular weight excluding hydrogens is 304 g/mol. The quantitative estimate of drug-likeness (QED) is 0.700. The van der Waals surface area contributed by atoms with Crippen LogP contribution >= 0.6 is 0 Å². The van der Waals surface area contributed by atoms with Crippen LogP contribution in [-0.2, 0) is 14.8 Å². The fourth-order valence-electron chi connectivity index (χ4n) is 2.43. The minimum Gasteiger partial charge on any atom is -0.497 e. The monoisotopic (exact) mass is 328 g/mol. The van der Waals surface area contributed by atoms with E-state index in [4.69, 9.17) is 9.47 Å². The summed E-state index contributed by atoms with van der Waals surface area (Å²) in [7, 11) is -1.86. The van der Waals surface area contributed by atoms with Gasteiger partial charge < -0.3 is 9.47 Å². The Balaban J connectivity index is 1.94. The zero-order valence-electron chi connectivity index (χ0n) is 13.2. The van der Waals surface area contributed by atoms with Gasteiger partial charge in [0.1, 0.15) is 5.75 Å². The molecule has 2 rings (SSSR count). The van der Waals surface area contributed by atoms with Gasteiger partial charge in [-0.2, -0.15) is 4.31 Å². The largest absolute Gasteiger partial charge is 0.497 e. The molecule has 0 bridgehead atoms. The van der Waals surface area contributed by atoms with Crippen LogP contribution in [-0.4, -0.2) is 70.7 Å². The predicted octanol–water partition coefficient (Wildman–Crippen LogP) is 1.04. The van der Waals surface area contributed by atoms with Gasteiger partial charge in [0.25, 0.3) is 0 Å². The molecule has 0 N–H and O–H groups in total. The van der Waals surface area contributed by atoms with Crippen LogP contribution in [0.1, 0.15) is 6.92 Å². The molecule has 0 saturated carbocycles. The third-order valence-corrected chi connectivity index (χ3v) is 5.70. The maximum absolute atomic E-state index is 12.6. The van der Waals surface area contributed by atoms with Crippen molar-refractivity contribution in [1.82, 2.24) is 9.21 Å².